The first-order valence-electron chi connectivity index (χ1n) is 3.04. The van der Waals surface area contributed by atoms with E-state index in [2.05, 4.69) is 4.98 Å². The molecule has 0 aliphatic heterocycles. The van der Waals surface area contributed by atoms with E-state index in [9.17, 15) is 4.79 Å². The molecule has 0 fully saturated rings. The number of hydrogen-bond acceptors (Lipinski definition) is 3. The van der Waals surface area contributed by atoms with E-state index in [4.69, 9.17) is 16.9 Å². The van der Waals surface area contributed by atoms with E-state index >= 15 is 0 Å². The Morgan fingerprint density at radius 1 is 1.75 bits per heavy atom. The highest BCUT2D eigenvalue weighted by molar-refractivity contribution is 6.33. The van der Waals surface area contributed by atoms with Gasteiger partial charge in [0.15, 0.2) is 6.19 Å². The summed E-state index contributed by atoms with van der Waals surface area (Å²) in [7, 11) is 0. The smallest absolute Gasteiger partial charge is 0.267 e. The second kappa shape index (κ2) is 3.69. The third-order valence-electron chi connectivity index (χ3n) is 1.18. The number of carbonyl (C=O) groups is 1. The lowest BCUT2D eigenvalue weighted by Gasteiger charge is -1.97. The standard InChI is InChI=1S/C7H4ClN3O/c8-6-1-2-10-3-5(6)7(12)11-4-9/h1-3H,(H,11,12). The molecule has 12 heavy (non-hydrogen) atoms. The molecular formula is C7H4ClN3O. The fourth-order valence-electron chi connectivity index (χ4n) is 0.663. The lowest BCUT2D eigenvalue weighted by molar-refractivity contribution is 0.0972. The Labute approximate surface area is 73.8 Å². The summed E-state index contributed by atoms with van der Waals surface area (Å²) in [5.74, 6) is -0.546. The minimum Gasteiger partial charge on any atom is -0.268 e. The van der Waals surface area contributed by atoms with Crippen molar-refractivity contribution < 1.29 is 4.79 Å². The minimum atomic E-state index is -0.546. The topological polar surface area (TPSA) is 65.8 Å². The van der Waals surface area contributed by atoms with E-state index < -0.39 is 5.91 Å². The van der Waals surface area contributed by atoms with Crippen LogP contribution in [0.5, 0.6) is 0 Å². The molecule has 5 heteroatoms. The summed E-state index contributed by atoms with van der Waals surface area (Å²) < 4.78 is 0. The number of nitrogens with one attached hydrogen (secondary N) is 1. The zero-order valence-electron chi connectivity index (χ0n) is 5.91. The maximum Gasteiger partial charge on any atom is 0.267 e. The Hall–Kier alpha value is -1.60. The second-order valence-electron chi connectivity index (χ2n) is 1.92. The van der Waals surface area contributed by atoms with Crippen molar-refractivity contribution in [2.24, 2.45) is 0 Å². The lowest BCUT2D eigenvalue weighted by Crippen LogP contribution is -2.17. The van der Waals surface area contributed by atoms with E-state index in [0.29, 0.717) is 0 Å². The van der Waals surface area contributed by atoms with Gasteiger partial charge in [-0.3, -0.25) is 15.1 Å². The molecule has 0 spiro atoms. The first-order chi connectivity index (χ1) is 5.75. The maximum atomic E-state index is 11.0. The average molecular weight is 182 g/mol. The number of nitrogens with zero attached hydrogens (tertiary/aromatic N) is 2. The van der Waals surface area contributed by atoms with Crippen molar-refractivity contribution in [1.29, 1.82) is 5.26 Å². The predicted molar refractivity (Wildman–Crippen MR) is 42.3 cm³/mol. The number of hydrogen-bond donors (Lipinski definition) is 1. The maximum absolute atomic E-state index is 11.0. The largest absolute Gasteiger partial charge is 0.268 e. The van der Waals surface area contributed by atoms with Crippen LogP contribution in [0.4, 0.5) is 0 Å². The van der Waals surface area contributed by atoms with Crippen molar-refractivity contribution in [1.82, 2.24) is 10.3 Å². The number of halogens is 1. The summed E-state index contributed by atoms with van der Waals surface area (Å²) >= 11 is 5.64. The Morgan fingerprint density at radius 2 is 2.50 bits per heavy atom. The van der Waals surface area contributed by atoms with Crippen molar-refractivity contribution in [3.63, 3.8) is 0 Å². The molecule has 0 saturated carbocycles. The number of rotatable bonds is 1. The first kappa shape index (κ1) is 8.50. The summed E-state index contributed by atoms with van der Waals surface area (Å²) in [6, 6.07) is 1.48. The van der Waals surface area contributed by atoms with Gasteiger partial charge in [0.1, 0.15) is 0 Å². The van der Waals surface area contributed by atoms with Crippen LogP contribution in [0.3, 0.4) is 0 Å². The fourth-order valence-corrected chi connectivity index (χ4v) is 0.854. The summed E-state index contributed by atoms with van der Waals surface area (Å²) in [5, 5.41) is 10.4. The monoisotopic (exact) mass is 181 g/mol. The molecule has 0 bridgehead atoms. The van der Waals surface area contributed by atoms with E-state index in [-0.39, 0.29) is 10.6 Å². The predicted octanol–water partition coefficient (Wildman–Crippen LogP) is 0.946. The average Bonchev–Trinajstić information content (AvgIpc) is 2.05. The molecule has 0 radical (unpaired) electrons. The van der Waals surface area contributed by atoms with Gasteiger partial charge < -0.3 is 0 Å². The van der Waals surface area contributed by atoms with Crippen LogP contribution in [0.1, 0.15) is 10.4 Å². The van der Waals surface area contributed by atoms with Crippen LogP contribution in [0.2, 0.25) is 5.02 Å². The van der Waals surface area contributed by atoms with Gasteiger partial charge in [0.25, 0.3) is 5.91 Å². The van der Waals surface area contributed by atoms with Crippen molar-refractivity contribution in [3.05, 3.63) is 29.0 Å². The highest BCUT2D eigenvalue weighted by Crippen LogP contribution is 2.12. The van der Waals surface area contributed by atoms with Crippen molar-refractivity contribution >= 4 is 17.5 Å². The van der Waals surface area contributed by atoms with Gasteiger partial charge in [-0.2, -0.15) is 5.26 Å². The molecule has 1 N–H and O–H groups in total. The van der Waals surface area contributed by atoms with Gasteiger partial charge in [-0.25, -0.2) is 0 Å². The van der Waals surface area contributed by atoms with Crippen molar-refractivity contribution in [2.45, 2.75) is 0 Å². The zero-order valence-corrected chi connectivity index (χ0v) is 6.67. The zero-order chi connectivity index (χ0) is 8.97. The molecule has 1 rings (SSSR count). The fraction of sp³-hybridized carbons (Fsp3) is 0. The molecule has 1 amide bonds. The van der Waals surface area contributed by atoms with Gasteiger partial charge in [0.2, 0.25) is 0 Å². The SMILES string of the molecule is N#CNC(=O)c1cnccc1Cl. The molecule has 0 unspecified atom stereocenters. The first-order valence-corrected chi connectivity index (χ1v) is 3.42. The lowest BCUT2D eigenvalue weighted by atomic mass is 10.3. The Kier molecular flexibility index (Phi) is 2.62. The molecule has 0 saturated heterocycles. The van der Waals surface area contributed by atoms with Crippen LogP contribution in [0, 0.1) is 11.5 Å². The Balaban J connectivity index is 2.97. The van der Waals surface area contributed by atoms with Gasteiger partial charge >= 0.3 is 0 Å². The van der Waals surface area contributed by atoms with Gasteiger partial charge in [-0.1, -0.05) is 11.6 Å². The summed E-state index contributed by atoms with van der Waals surface area (Å²) in [6.07, 6.45) is 4.27. The molecule has 1 aromatic rings. The molecule has 4 nitrogen and oxygen atoms in total. The van der Waals surface area contributed by atoms with Crippen LogP contribution in [-0.4, -0.2) is 10.9 Å². The van der Waals surface area contributed by atoms with Crippen LogP contribution >= 0.6 is 11.6 Å². The number of carbonyl (C=O) groups excluding carboxylic acids is 1. The summed E-state index contributed by atoms with van der Waals surface area (Å²) in [6.45, 7) is 0. The molecular weight excluding hydrogens is 178 g/mol. The third kappa shape index (κ3) is 1.71. The second-order valence-corrected chi connectivity index (χ2v) is 2.33. The van der Waals surface area contributed by atoms with E-state index in [1.54, 1.807) is 0 Å². The molecule has 0 aliphatic carbocycles. The molecule has 0 aromatic carbocycles. The molecule has 0 aliphatic rings. The molecule has 1 aromatic heterocycles. The Bertz CT molecular complexity index is 345. The number of nitriles is 1. The molecule has 1 heterocycles. The quantitative estimate of drug-likeness (QED) is 0.518. The van der Waals surface area contributed by atoms with E-state index in [0.717, 1.165) is 0 Å². The third-order valence-corrected chi connectivity index (χ3v) is 1.51. The van der Waals surface area contributed by atoms with Gasteiger partial charge in [0.05, 0.1) is 10.6 Å². The summed E-state index contributed by atoms with van der Waals surface area (Å²) in [4.78, 5) is 14.7. The molecule has 0 atom stereocenters. The normalized spacial score (nSPS) is 8.67. The van der Waals surface area contributed by atoms with E-state index in [1.165, 1.54) is 24.7 Å². The van der Waals surface area contributed by atoms with Gasteiger partial charge in [0, 0.05) is 12.4 Å². The highest BCUT2D eigenvalue weighted by atomic mass is 35.5. The van der Waals surface area contributed by atoms with Crippen LogP contribution in [0.15, 0.2) is 18.5 Å². The van der Waals surface area contributed by atoms with E-state index in [1.807, 2.05) is 5.32 Å². The van der Waals surface area contributed by atoms with Crippen molar-refractivity contribution in [2.75, 3.05) is 0 Å². The van der Waals surface area contributed by atoms with Crippen LogP contribution < -0.4 is 5.32 Å². The van der Waals surface area contributed by atoms with Crippen LogP contribution in [0.25, 0.3) is 0 Å². The van der Waals surface area contributed by atoms with Gasteiger partial charge in [-0.15, -0.1) is 0 Å². The summed E-state index contributed by atoms with van der Waals surface area (Å²) in [5.41, 5.74) is 0.195. The van der Waals surface area contributed by atoms with Crippen molar-refractivity contribution in [3.8, 4) is 6.19 Å². The number of aromatic nitrogens is 1. The molecule has 60 valence electrons. The Morgan fingerprint density at radius 3 is 3.08 bits per heavy atom. The highest BCUT2D eigenvalue weighted by Gasteiger charge is 2.08. The van der Waals surface area contributed by atoms with Gasteiger partial charge in [-0.05, 0) is 6.07 Å². The van der Waals surface area contributed by atoms with Crippen LogP contribution in [-0.2, 0) is 0 Å². The minimum absolute atomic E-state index is 0.195. The number of pyridine rings is 1. The number of amides is 1.